The Labute approximate surface area is 67.6 Å². The summed E-state index contributed by atoms with van der Waals surface area (Å²) in [6.45, 7) is 0. The highest BCUT2D eigenvalue weighted by molar-refractivity contribution is 5.49. The smallest absolute Gasteiger partial charge is 0.263 e. The summed E-state index contributed by atoms with van der Waals surface area (Å²) in [5, 5.41) is 29.3. The first kappa shape index (κ1) is 8.01. The van der Waals surface area contributed by atoms with E-state index in [-0.39, 0.29) is 5.56 Å². The molecule has 0 N–H and O–H groups in total. The standard InChI is InChI=1S/C7H4N2O3/c8-4-5-1-2-7(10)6(3-5)9(11)12/h1-3,10H/p-1. The molecule has 0 amide bonds. The van der Waals surface area contributed by atoms with Gasteiger partial charge in [-0.2, -0.15) is 5.26 Å². The van der Waals surface area contributed by atoms with Crippen LogP contribution < -0.4 is 5.11 Å². The van der Waals surface area contributed by atoms with E-state index in [0.717, 1.165) is 12.1 Å². The van der Waals surface area contributed by atoms with E-state index in [1.807, 2.05) is 0 Å². The summed E-state index contributed by atoms with van der Waals surface area (Å²) in [6, 6.07) is 4.92. The lowest BCUT2D eigenvalue weighted by atomic mass is 10.2. The van der Waals surface area contributed by atoms with Crippen LogP contribution in [0.15, 0.2) is 18.2 Å². The summed E-state index contributed by atoms with van der Waals surface area (Å²) in [6.07, 6.45) is 0. The normalized spacial score (nSPS) is 8.92. The first-order valence-electron chi connectivity index (χ1n) is 3.00. The molecule has 1 aromatic rings. The zero-order valence-corrected chi connectivity index (χ0v) is 5.85. The molecule has 12 heavy (non-hydrogen) atoms. The van der Waals surface area contributed by atoms with Crippen molar-refractivity contribution in [2.75, 3.05) is 0 Å². The van der Waals surface area contributed by atoms with Crippen molar-refractivity contribution in [1.29, 1.82) is 5.26 Å². The monoisotopic (exact) mass is 163 g/mol. The predicted octanol–water partition coefficient (Wildman–Crippen LogP) is 0.540. The second-order valence-electron chi connectivity index (χ2n) is 2.05. The molecule has 0 saturated carbocycles. The van der Waals surface area contributed by atoms with E-state index >= 15 is 0 Å². The van der Waals surface area contributed by atoms with Crippen molar-refractivity contribution in [2.24, 2.45) is 0 Å². The lowest BCUT2D eigenvalue weighted by Crippen LogP contribution is -1.97. The molecule has 0 atom stereocenters. The molecule has 0 saturated heterocycles. The van der Waals surface area contributed by atoms with Gasteiger partial charge in [-0.25, -0.2) is 0 Å². The fraction of sp³-hybridized carbons (Fsp3) is 0. The first-order chi connectivity index (χ1) is 5.65. The third kappa shape index (κ3) is 1.32. The van der Waals surface area contributed by atoms with E-state index in [1.165, 1.54) is 6.07 Å². The van der Waals surface area contributed by atoms with Crippen LogP contribution in [0.3, 0.4) is 0 Å². The third-order valence-electron chi connectivity index (χ3n) is 1.28. The Hall–Kier alpha value is -2.09. The van der Waals surface area contributed by atoms with Gasteiger partial charge in [-0.05, 0) is 11.8 Å². The first-order valence-corrected chi connectivity index (χ1v) is 3.00. The van der Waals surface area contributed by atoms with Gasteiger partial charge >= 0.3 is 0 Å². The molecule has 1 aromatic carbocycles. The van der Waals surface area contributed by atoms with Gasteiger partial charge in [0.15, 0.2) is 0 Å². The zero-order chi connectivity index (χ0) is 9.14. The Morgan fingerprint density at radius 2 is 2.17 bits per heavy atom. The van der Waals surface area contributed by atoms with Crippen molar-refractivity contribution in [2.45, 2.75) is 0 Å². The highest BCUT2D eigenvalue weighted by atomic mass is 16.6. The second-order valence-corrected chi connectivity index (χ2v) is 2.05. The minimum atomic E-state index is -0.802. The fourth-order valence-corrected chi connectivity index (χ4v) is 0.730. The molecule has 0 spiro atoms. The predicted molar refractivity (Wildman–Crippen MR) is 37.3 cm³/mol. The average Bonchev–Trinajstić information content (AvgIpc) is 2.05. The molecule has 0 radical (unpaired) electrons. The average molecular weight is 163 g/mol. The molecule has 0 bridgehead atoms. The summed E-state index contributed by atoms with van der Waals surface area (Å²) in [5.74, 6) is -0.681. The topological polar surface area (TPSA) is 90.0 Å². The van der Waals surface area contributed by atoms with Crippen LogP contribution in [-0.4, -0.2) is 4.92 Å². The highest BCUT2D eigenvalue weighted by Gasteiger charge is 2.06. The second kappa shape index (κ2) is 2.88. The molecule has 0 heterocycles. The maximum atomic E-state index is 10.8. The van der Waals surface area contributed by atoms with E-state index in [1.54, 1.807) is 6.07 Å². The van der Waals surface area contributed by atoms with Crippen LogP contribution in [0.5, 0.6) is 5.75 Å². The number of rotatable bonds is 1. The van der Waals surface area contributed by atoms with Crippen LogP contribution in [0.1, 0.15) is 5.56 Å². The highest BCUT2D eigenvalue weighted by Crippen LogP contribution is 2.22. The van der Waals surface area contributed by atoms with Gasteiger partial charge in [0.2, 0.25) is 0 Å². The molecule has 5 nitrogen and oxygen atoms in total. The number of hydrogen-bond donors (Lipinski definition) is 0. The van der Waals surface area contributed by atoms with E-state index in [9.17, 15) is 15.2 Å². The van der Waals surface area contributed by atoms with Crippen molar-refractivity contribution >= 4 is 5.69 Å². The number of nitro benzene ring substituents is 1. The quantitative estimate of drug-likeness (QED) is 0.446. The van der Waals surface area contributed by atoms with Crippen molar-refractivity contribution in [3.05, 3.63) is 33.9 Å². The Bertz CT molecular complexity index is 367. The third-order valence-corrected chi connectivity index (χ3v) is 1.28. The van der Waals surface area contributed by atoms with Crippen molar-refractivity contribution in [3.8, 4) is 11.8 Å². The van der Waals surface area contributed by atoms with Crippen LogP contribution in [0.4, 0.5) is 5.69 Å². The minimum Gasteiger partial charge on any atom is -0.868 e. The number of nitro groups is 1. The molecule has 0 aliphatic carbocycles. The van der Waals surface area contributed by atoms with E-state index in [2.05, 4.69) is 0 Å². The van der Waals surface area contributed by atoms with Gasteiger partial charge < -0.3 is 5.11 Å². The summed E-state index contributed by atoms with van der Waals surface area (Å²) >= 11 is 0. The Morgan fingerprint density at radius 1 is 1.50 bits per heavy atom. The van der Waals surface area contributed by atoms with Crippen molar-refractivity contribution in [3.63, 3.8) is 0 Å². The van der Waals surface area contributed by atoms with Gasteiger partial charge in [0.1, 0.15) is 0 Å². The molecule has 0 unspecified atom stereocenters. The maximum Gasteiger partial charge on any atom is 0.263 e. The van der Waals surface area contributed by atoms with Crippen molar-refractivity contribution < 1.29 is 10.0 Å². The summed E-state index contributed by atoms with van der Waals surface area (Å²) in [4.78, 5) is 9.38. The van der Waals surface area contributed by atoms with Gasteiger partial charge in [0.25, 0.3) is 5.69 Å². The number of nitrogens with zero attached hydrogens (tertiary/aromatic N) is 2. The maximum absolute atomic E-state index is 10.8. The molecule has 0 aliphatic rings. The molecule has 5 heteroatoms. The van der Waals surface area contributed by atoms with Gasteiger partial charge in [0.05, 0.1) is 16.6 Å². The van der Waals surface area contributed by atoms with E-state index in [4.69, 9.17) is 5.26 Å². The number of nitriles is 1. The Morgan fingerprint density at radius 3 is 2.67 bits per heavy atom. The van der Waals surface area contributed by atoms with Crippen molar-refractivity contribution in [1.82, 2.24) is 0 Å². The molecule has 0 aliphatic heterocycles. The molecular formula is C7H3N2O3-. The Balaban J connectivity index is 3.28. The number of hydrogen-bond acceptors (Lipinski definition) is 4. The van der Waals surface area contributed by atoms with Gasteiger partial charge in [-0.1, -0.05) is 6.07 Å². The lowest BCUT2D eigenvalue weighted by Gasteiger charge is -2.04. The van der Waals surface area contributed by atoms with Crippen LogP contribution in [-0.2, 0) is 0 Å². The van der Waals surface area contributed by atoms with Gasteiger partial charge in [-0.15, -0.1) is 0 Å². The van der Waals surface area contributed by atoms with E-state index < -0.39 is 16.4 Å². The molecule has 60 valence electrons. The number of benzene rings is 1. The lowest BCUT2D eigenvalue weighted by molar-refractivity contribution is -0.398. The van der Waals surface area contributed by atoms with E-state index in [0.29, 0.717) is 0 Å². The minimum absolute atomic E-state index is 0.112. The molecule has 0 aromatic heterocycles. The van der Waals surface area contributed by atoms with Gasteiger partial charge in [-0.3, -0.25) is 10.1 Å². The van der Waals surface area contributed by atoms with Crippen LogP contribution in [0.25, 0.3) is 0 Å². The van der Waals surface area contributed by atoms with Crippen LogP contribution >= 0.6 is 0 Å². The largest absolute Gasteiger partial charge is 0.868 e. The van der Waals surface area contributed by atoms with Crippen LogP contribution in [0, 0.1) is 21.4 Å². The summed E-state index contributed by atoms with van der Waals surface area (Å²) in [7, 11) is 0. The molecule has 1 rings (SSSR count). The zero-order valence-electron chi connectivity index (χ0n) is 5.85. The summed E-state index contributed by atoms with van der Waals surface area (Å²) < 4.78 is 0. The summed E-state index contributed by atoms with van der Waals surface area (Å²) in [5.41, 5.74) is -0.449. The Kier molecular flexibility index (Phi) is 1.92. The van der Waals surface area contributed by atoms with Crippen LogP contribution in [0.2, 0.25) is 0 Å². The molecular weight excluding hydrogens is 160 g/mol. The fourth-order valence-electron chi connectivity index (χ4n) is 0.730. The molecule has 0 fully saturated rings. The van der Waals surface area contributed by atoms with Gasteiger partial charge in [0, 0.05) is 6.07 Å². The SMILES string of the molecule is N#Cc1ccc([O-])c([N+](=O)[O-])c1.